The lowest BCUT2D eigenvalue weighted by Crippen LogP contribution is -2.44. The van der Waals surface area contributed by atoms with E-state index in [4.69, 9.17) is 0 Å². The number of amides is 1. The number of hydrogen-bond acceptors (Lipinski definition) is 4. The van der Waals surface area contributed by atoms with E-state index < -0.39 is 20.5 Å². The number of anilines is 1. The summed E-state index contributed by atoms with van der Waals surface area (Å²) < 4.78 is 21.9. The van der Waals surface area contributed by atoms with Gasteiger partial charge in [0, 0.05) is 18.5 Å². The van der Waals surface area contributed by atoms with Gasteiger partial charge < -0.3 is 10.6 Å². The van der Waals surface area contributed by atoms with E-state index in [1.807, 2.05) is 19.1 Å². The summed E-state index contributed by atoms with van der Waals surface area (Å²) in [6, 6.07) is 7.34. The molecule has 0 atom stereocenters. The third-order valence-corrected chi connectivity index (χ3v) is 5.34. The molecule has 0 bridgehead atoms. The molecule has 0 aliphatic carbocycles. The molecule has 0 spiro atoms. The summed E-state index contributed by atoms with van der Waals surface area (Å²) in [5, 5.41) is 5.89. The normalized spacial score (nSPS) is 12.2. The Morgan fingerprint density at radius 2 is 1.85 bits per heavy atom. The predicted octanol–water partition coefficient (Wildman–Crippen LogP) is 1.56. The van der Waals surface area contributed by atoms with Crippen LogP contribution in [0.4, 0.5) is 5.69 Å². The Kier molecular flexibility index (Phi) is 5.30. The van der Waals surface area contributed by atoms with Crippen LogP contribution < -0.4 is 10.6 Å². The molecule has 0 radical (unpaired) electrons. The minimum absolute atomic E-state index is 0.524. The Labute approximate surface area is 120 Å². The van der Waals surface area contributed by atoms with Crippen molar-refractivity contribution in [3.05, 3.63) is 29.8 Å². The van der Waals surface area contributed by atoms with Crippen molar-refractivity contribution in [2.75, 3.05) is 18.1 Å². The maximum atomic E-state index is 12.2. The first-order chi connectivity index (χ1) is 9.20. The van der Waals surface area contributed by atoms with E-state index in [9.17, 15) is 13.2 Å². The number of nitrogens with one attached hydrogen (secondary N) is 2. The Bertz CT molecular complexity index is 580. The first-order valence-electron chi connectivity index (χ1n) is 6.49. The van der Waals surface area contributed by atoms with E-state index in [2.05, 4.69) is 10.6 Å². The van der Waals surface area contributed by atoms with Gasteiger partial charge in [0.25, 0.3) is 0 Å². The molecule has 1 aromatic rings. The molecule has 2 N–H and O–H groups in total. The first kappa shape index (κ1) is 16.7. The SMILES string of the molecule is CCNCc1ccccc1NC(=O)C(C)(C)S(C)(=O)=O. The zero-order valence-corrected chi connectivity index (χ0v) is 13.2. The molecule has 0 saturated carbocycles. The highest BCUT2D eigenvalue weighted by atomic mass is 32.2. The van der Waals surface area contributed by atoms with Crippen molar-refractivity contribution in [1.82, 2.24) is 5.32 Å². The molecule has 1 rings (SSSR count). The lowest BCUT2D eigenvalue weighted by molar-refractivity contribution is -0.117. The monoisotopic (exact) mass is 298 g/mol. The number of hydrogen-bond donors (Lipinski definition) is 2. The van der Waals surface area contributed by atoms with Gasteiger partial charge in [0.1, 0.15) is 4.75 Å². The van der Waals surface area contributed by atoms with E-state index in [-0.39, 0.29) is 0 Å². The van der Waals surface area contributed by atoms with Crippen molar-refractivity contribution >= 4 is 21.4 Å². The third-order valence-electron chi connectivity index (χ3n) is 3.30. The second-order valence-electron chi connectivity index (χ2n) is 5.17. The van der Waals surface area contributed by atoms with Gasteiger partial charge in [0.15, 0.2) is 9.84 Å². The average molecular weight is 298 g/mol. The molecule has 1 amide bonds. The Morgan fingerprint density at radius 3 is 2.40 bits per heavy atom. The van der Waals surface area contributed by atoms with Crippen molar-refractivity contribution in [2.45, 2.75) is 32.1 Å². The highest BCUT2D eigenvalue weighted by Crippen LogP contribution is 2.21. The number of carbonyl (C=O) groups is 1. The minimum Gasteiger partial charge on any atom is -0.324 e. The molecule has 0 saturated heterocycles. The number of rotatable bonds is 6. The van der Waals surface area contributed by atoms with Gasteiger partial charge in [-0.05, 0) is 32.0 Å². The van der Waals surface area contributed by atoms with Crippen LogP contribution in [-0.2, 0) is 21.2 Å². The van der Waals surface area contributed by atoms with Crippen molar-refractivity contribution in [3.63, 3.8) is 0 Å². The predicted molar refractivity (Wildman–Crippen MR) is 81.4 cm³/mol. The van der Waals surface area contributed by atoms with Gasteiger partial charge in [-0.15, -0.1) is 0 Å². The summed E-state index contributed by atoms with van der Waals surface area (Å²) in [7, 11) is -3.48. The van der Waals surface area contributed by atoms with Crippen molar-refractivity contribution in [2.24, 2.45) is 0 Å². The number of carbonyl (C=O) groups excluding carboxylic acids is 1. The molecule has 0 aliphatic rings. The molecule has 20 heavy (non-hydrogen) atoms. The Morgan fingerprint density at radius 1 is 1.25 bits per heavy atom. The standard InChI is InChI=1S/C14H22N2O3S/c1-5-15-10-11-8-6-7-9-12(11)16-13(17)14(2,3)20(4,18)19/h6-9,15H,5,10H2,1-4H3,(H,16,17). The van der Waals surface area contributed by atoms with Crippen molar-refractivity contribution < 1.29 is 13.2 Å². The number of sulfone groups is 1. The molecular formula is C14H22N2O3S. The fraction of sp³-hybridized carbons (Fsp3) is 0.500. The van der Waals surface area contributed by atoms with Crippen LogP contribution in [-0.4, -0.2) is 31.9 Å². The van der Waals surface area contributed by atoms with Crippen LogP contribution >= 0.6 is 0 Å². The zero-order chi connectivity index (χ0) is 15.4. The second kappa shape index (κ2) is 6.37. The molecule has 0 unspecified atom stereocenters. The zero-order valence-electron chi connectivity index (χ0n) is 12.4. The number of para-hydroxylation sites is 1. The summed E-state index contributed by atoms with van der Waals surface area (Å²) in [6.07, 6.45) is 1.07. The summed E-state index contributed by atoms with van der Waals surface area (Å²) in [4.78, 5) is 12.2. The molecule has 112 valence electrons. The molecule has 1 aromatic carbocycles. The topological polar surface area (TPSA) is 75.3 Å². The largest absolute Gasteiger partial charge is 0.324 e. The fourth-order valence-corrected chi connectivity index (χ4v) is 1.89. The highest BCUT2D eigenvalue weighted by Gasteiger charge is 2.38. The van der Waals surface area contributed by atoms with Crippen LogP contribution in [0.25, 0.3) is 0 Å². The Balaban J connectivity index is 2.97. The van der Waals surface area contributed by atoms with Gasteiger partial charge in [-0.2, -0.15) is 0 Å². The maximum Gasteiger partial charge on any atom is 0.245 e. The summed E-state index contributed by atoms with van der Waals surface area (Å²) >= 11 is 0. The van der Waals surface area contributed by atoms with E-state index in [0.29, 0.717) is 12.2 Å². The summed E-state index contributed by atoms with van der Waals surface area (Å²) in [5.41, 5.74) is 1.56. The minimum atomic E-state index is -3.48. The quantitative estimate of drug-likeness (QED) is 0.835. The van der Waals surface area contributed by atoms with Gasteiger partial charge in [0.05, 0.1) is 0 Å². The fourth-order valence-electron chi connectivity index (χ4n) is 1.50. The molecule has 0 heterocycles. The van der Waals surface area contributed by atoms with Crippen LogP contribution in [0.5, 0.6) is 0 Å². The van der Waals surface area contributed by atoms with Crippen LogP contribution in [0.15, 0.2) is 24.3 Å². The van der Waals surface area contributed by atoms with Crippen molar-refractivity contribution in [1.29, 1.82) is 0 Å². The summed E-state index contributed by atoms with van der Waals surface area (Å²) in [6.45, 7) is 6.24. The van der Waals surface area contributed by atoms with Crippen LogP contribution in [0.3, 0.4) is 0 Å². The second-order valence-corrected chi connectivity index (χ2v) is 7.74. The molecule has 5 nitrogen and oxygen atoms in total. The van der Waals surface area contributed by atoms with Crippen molar-refractivity contribution in [3.8, 4) is 0 Å². The lowest BCUT2D eigenvalue weighted by Gasteiger charge is -2.22. The van der Waals surface area contributed by atoms with E-state index in [1.54, 1.807) is 12.1 Å². The van der Waals surface area contributed by atoms with Gasteiger partial charge in [-0.25, -0.2) is 8.42 Å². The smallest absolute Gasteiger partial charge is 0.245 e. The van der Waals surface area contributed by atoms with Gasteiger partial charge in [-0.3, -0.25) is 4.79 Å². The molecule has 6 heteroatoms. The molecular weight excluding hydrogens is 276 g/mol. The highest BCUT2D eigenvalue weighted by molar-refractivity contribution is 7.92. The molecule has 0 aliphatic heterocycles. The van der Waals surface area contributed by atoms with Gasteiger partial charge >= 0.3 is 0 Å². The molecule has 0 fully saturated rings. The van der Waals surface area contributed by atoms with Crippen LogP contribution in [0.1, 0.15) is 26.3 Å². The van der Waals surface area contributed by atoms with E-state index in [0.717, 1.165) is 18.4 Å². The van der Waals surface area contributed by atoms with E-state index >= 15 is 0 Å². The van der Waals surface area contributed by atoms with E-state index in [1.165, 1.54) is 13.8 Å². The van der Waals surface area contributed by atoms with Gasteiger partial charge in [-0.1, -0.05) is 25.1 Å². The molecule has 0 aromatic heterocycles. The third kappa shape index (κ3) is 3.80. The first-order valence-corrected chi connectivity index (χ1v) is 8.39. The van der Waals surface area contributed by atoms with Gasteiger partial charge in [0.2, 0.25) is 5.91 Å². The summed E-state index contributed by atoms with van der Waals surface area (Å²) in [5.74, 6) is -0.524. The maximum absolute atomic E-state index is 12.2. The number of benzene rings is 1. The van der Waals surface area contributed by atoms with Crippen LogP contribution in [0.2, 0.25) is 0 Å². The van der Waals surface area contributed by atoms with Crippen LogP contribution in [0, 0.1) is 0 Å². The average Bonchev–Trinajstić information content (AvgIpc) is 2.36. The lowest BCUT2D eigenvalue weighted by atomic mass is 10.1. The Hall–Kier alpha value is -1.40.